The van der Waals surface area contributed by atoms with Gasteiger partial charge in [0.25, 0.3) is 0 Å². The molecule has 0 aliphatic heterocycles. The van der Waals surface area contributed by atoms with Crippen LogP contribution in [0.3, 0.4) is 0 Å². The van der Waals surface area contributed by atoms with Crippen molar-refractivity contribution < 1.29 is 18.4 Å². The molecular formula is C9H13NO4S. The summed E-state index contributed by atoms with van der Waals surface area (Å²) < 4.78 is 27.6. The van der Waals surface area contributed by atoms with Crippen molar-refractivity contribution in [3.05, 3.63) is 23.8 Å². The average molecular weight is 231 g/mol. The normalized spacial score (nSPS) is 11.4. The van der Waals surface area contributed by atoms with Gasteiger partial charge in [0.2, 0.25) is 0 Å². The maximum Gasteiger partial charge on any atom is 0.179 e. The summed E-state index contributed by atoms with van der Waals surface area (Å²) in [6.45, 7) is 0.237. The number of ether oxygens (including phenoxy) is 1. The molecule has 84 valence electrons. The Bertz CT molecular complexity index is 441. The fraction of sp³-hybridized carbons (Fsp3) is 0.333. The minimum Gasteiger partial charge on any atom is -0.495 e. The van der Waals surface area contributed by atoms with Crippen LogP contribution in [-0.4, -0.2) is 27.0 Å². The van der Waals surface area contributed by atoms with E-state index in [1.165, 1.54) is 13.2 Å². The molecule has 0 radical (unpaired) electrons. The standard InChI is InChI=1S/C9H13NO4S/c1-14-8-5-7(6-10-11)3-4-9(8)15(2,12)13/h3-5,10-11H,6H2,1-2H3. The Kier molecular flexibility index (Phi) is 3.67. The lowest BCUT2D eigenvalue weighted by molar-refractivity contribution is 0.161. The topological polar surface area (TPSA) is 75.6 Å². The first-order chi connectivity index (χ1) is 6.99. The zero-order chi connectivity index (χ0) is 11.5. The van der Waals surface area contributed by atoms with E-state index in [2.05, 4.69) is 0 Å². The van der Waals surface area contributed by atoms with Crippen LogP contribution >= 0.6 is 0 Å². The Morgan fingerprint density at radius 1 is 1.47 bits per heavy atom. The minimum atomic E-state index is -3.29. The SMILES string of the molecule is COc1cc(CNO)ccc1S(C)(=O)=O. The van der Waals surface area contributed by atoms with E-state index in [9.17, 15) is 8.42 Å². The van der Waals surface area contributed by atoms with Crippen LogP contribution in [0.5, 0.6) is 5.75 Å². The summed E-state index contributed by atoms with van der Waals surface area (Å²) in [5.74, 6) is 0.283. The maximum absolute atomic E-state index is 11.3. The highest BCUT2D eigenvalue weighted by molar-refractivity contribution is 7.90. The van der Waals surface area contributed by atoms with Gasteiger partial charge in [0, 0.05) is 12.8 Å². The molecule has 0 spiro atoms. The Hall–Kier alpha value is -1.11. The van der Waals surface area contributed by atoms with Gasteiger partial charge in [-0.15, -0.1) is 0 Å². The van der Waals surface area contributed by atoms with Crippen molar-refractivity contribution >= 4 is 9.84 Å². The van der Waals surface area contributed by atoms with Gasteiger partial charge in [-0.2, -0.15) is 0 Å². The first-order valence-electron chi connectivity index (χ1n) is 4.23. The smallest absolute Gasteiger partial charge is 0.179 e. The summed E-state index contributed by atoms with van der Waals surface area (Å²) in [4.78, 5) is 0.145. The largest absolute Gasteiger partial charge is 0.495 e. The van der Waals surface area contributed by atoms with Gasteiger partial charge in [0.05, 0.1) is 7.11 Å². The fourth-order valence-corrected chi connectivity index (χ4v) is 2.04. The predicted octanol–water partition coefficient (Wildman–Crippen LogP) is 0.578. The van der Waals surface area contributed by atoms with Crippen molar-refractivity contribution in [3.63, 3.8) is 0 Å². The molecular weight excluding hydrogens is 218 g/mol. The van der Waals surface area contributed by atoms with E-state index in [0.29, 0.717) is 0 Å². The van der Waals surface area contributed by atoms with Crippen molar-refractivity contribution in [1.29, 1.82) is 0 Å². The highest BCUT2D eigenvalue weighted by Crippen LogP contribution is 2.24. The molecule has 0 aliphatic carbocycles. The van der Waals surface area contributed by atoms with Gasteiger partial charge >= 0.3 is 0 Å². The molecule has 0 saturated carbocycles. The molecule has 1 aromatic carbocycles. The van der Waals surface area contributed by atoms with Gasteiger partial charge in [-0.1, -0.05) is 6.07 Å². The van der Waals surface area contributed by atoms with Crippen LogP contribution in [0, 0.1) is 0 Å². The summed E-state index contributed by atoms with van der Waals surface area (Å²) >= 11 is 0. The second-order valence-electron chi connectivity index (χ2n) is 3.09. The number of nitrogens with one attached hydrogen (secondary N) is 1. The number of benzene rings is 1. The second kappa shape index (κ2) is 4.61. The number of rotatable bonds is 4. The fourth-order valence-electron chi connectivity index (χ4n) is 1.22. The van der Waals surface area contributed by atoms with Crippen molar-refractivity contribution in [2.75, 3.05) is 13.4 Å². The summed E-state index contributed by atoms with van der Waals surface area (Å²) in [5.41, 5.74) is 2.73. The van der Waals surface area contributed by atoms with Crippen LogP contribution in [0.25, 0.3) is 0 Å². The van der Waals surface area contributed by atoms with Crippen LogP contribution in [0.15, 0.2) is 23.1 Å². The van der Waals surface area contributed by atoms with E-state index in [0.717, 1.165) is 11.8 Å². The summed E-state index contributed by atoms with van der Waals surface area (Å²) in [5, 5.41) is 8.50. The van der Waals surface area contributed by atoms with Gasteiger partial charge in [0.1, 0.15) is 10.6 Å². The van der Waals surface area contributed by atoms with Gasteiger partial charge < -0.3 is 9.94 Å². The third-order valence-electron chi connectivity index (χ3n) is 1.91. The Morgan fingerprint density at radius 3 is 2.60 bits per heavy atom. The van der Waals surface area contributed by atoms with Gasteiger partial charge in [-0.3, -0.25) is 0 Å². The third-order valence-corrected chi connectivity index (χ3v) is 3.05. The predicted molar refractivity (Wildman–Crippen MR) is 54.7 cm³/mol. The van der Waals surface area contributed by atoms with Gasteiger partial charge in [-0.25, -0.2) is 13.9 Å². The zero-order valence-corrected chi connectivity index (χ0v) is 9.34. The molecule has 0 fully saturated rings. The van der Waals surface area contributed by atoms with E-state index in [1.807, 2.05) is 5.48 Å². The Labute approximate surface area is 88.6 Å². The molecule has 1 aromatic rings. The summed E-state index contributed by atoms with van der Waals surface area (Å²) in [6.07, 6.45) is 1.12. The number of methoxy groups -OCH3 is 1. The Balaban J connectivity index is 3.21. The van der Waals surface area contributed by atoms with E-state index in [1.54, 1.807) is 12.1 Å². The van der Waals surface area contributed by atoms with E-state index in [4.69, 9.17) is 9.94 Å². The molecule has 15 heavy (non-hydrogen) atoms. The number of hydrogen-bond acceptors (Lipinski definition) is 5. The molecule has 0 unspecified atom stereocenters. The van der Waals surface area contributed by atoms with Crippen LogP contribution < -0.4 is 10.2 Å². The van der Waals surface area contributed by atoms with Crippen LogP contribution in [0.4, 0.5) is 0 Å². The maximum atomic E-state index is 11.3. The van der Waals surface area contributed by atoms with Crippen LogP contribution in [0.2, 0.25) is 0 Å². The highest BCUT2D eigenvalue weighted by Gasteiger charge is 2.14. The molecule has 2 N–H and O–H groups in total. The summed E-state index contributed by atoms with van der Waals surface area (Å²) in [6, 6.07) is 4.64. The molecule has 0 atom stereocenters. The summed E-state index contributed by atoms with van der Waals surface area (Å²) in [7, 11) is -1.88. The number of hydrogen-bond donors (Lipinski definition) is 2. The minimum absolute atomic E-state index is 0.145. The molecule has 6 heteroatoms. The lowest BCUT2D eigenvalue weighted by Crippen LogP contribution is -2.07. The third kappa shape index (κ3) is 2.92. The molecule has 0 aliphatic rings. The molecule has 0 heterocycles. The monoisotopic (exact) mass is 231 g/mol. The van der Waals surface area contributed by atoms with Crippen molar-refractivity contribution in [2.24, 2.45) is 0 Å². The quantitative estimate of drug-likeness (QED) is 0.741. The van der Waals surface area contributed by atoms with E-state index in [-0.39, 0.29) is 17.2 Å². The molecule has 0 amide bonds. The highest BCUT2D eigenvalue weighted by atomic mass is 32.2. The van der Waals surface area contributed by atoms with Crippen molar-refractivity contribution in [1.82, 2.24) is 5.48 Å². The first kappa shape index (κ1) is 12.0. The second-order valence-corrected chi connectivity index (χ2v) is 5.08. The Morgan fingerprint density at radius 2 is 2.13 bits per heavy atom. The van der Waals surface area contributed by atoms with E-state index < -0.39 is 9.84 Å². The van der Waals surface area contributed by atoms with Crippen LogP contribution in [0.1, 0.15) is 5.56 Å². The molecule has 0 saturated heterocycles. The van der Waals surface area contributed by atoms with Gasteiger partial charge in [-0.05, 0) is 17.7 Å². The number of sulfone groups is 1. The lowest BCUT2D eigenvalue weighted by atomic mass is 10.2. The first-order valence-corrected chi connectivity index (χ1v) is 6.12. The van der Waals surface area contributed by atoms with Crippen LogP contribution in [-0.2, 0) is 16.4 Å². The number of hydroxylamine groups is 1. The van der Waals surface area contributed by atoms with E-state index >= 15 is 0 Å². The zero-order valence-electron chi connectivity index (χ0n) is 8.52. The molecule has 0 aromatic heterocycles. The lowest BCUT2D eigenvalue weighted by Gasteiger charge is -2.08. The average Bonchev–Trinajstić information content (AvgIpc) is 2.16. The van der Waals surface area contributed by atoms with Crippen molar-refractivity contribution in [3.8, 4) is 5.75 Å². The molecule has 0 bridgehead atoms. The van der Waals surface area contributed by atoms with Gasteiger partial charge in [0.15, 0.2) is 9.84 Å². The molecule has 1 rings (SSSR count). The molecule has 5 nitrogen and oxygen atoms in total. The van der Waals surface area contributed by atoms with Crippen molar-refractivity contribution in [2.45, 2.75) is 11.4 Å².